The van der Waals surface area contributed by atoms with Gasteiger partial charge in [-0.1, -0.05) is 48.4 Å². The van der Waals surface area contributed by atoms with Crippen LogP contribution in [0.2, 0.25) is 0 Å². The van der Waals surface area contributed by atoms with Gasteiger partial charge in [0.05, 0.1) is 0 Å². The zero-order chi connectivity index (χ0) is 12.6. The van der Waals surface area contributed by atoms with Gasteiger partial charge in [-0.2, -0.15) is 0 Å². The van der Waals surface area contributed by atoms with E-state index in [9.17, 15) is 0 Å². The summed E-state index contributed by atoms with van der Waals surface area (Å²) in [5.41, 5.74) is 2.37. The Labute approximate surface area is 108 Å². The molecule has 0 saturated carbocycles. The van der Waals surface area contributed by atoms with Gasteiger partial charge in [0, 0.05) is 6.42 Å². The summed E-state index contributed by atoms with van der Waals surface area (Å²) in [7, 11) is 0. The fraction of sp³-hybridized carbons (Fsp3) is 0.176. The topological polar surface area (TPSA) is 9.23 Å². The van der Waals surface area contributed by atoms with E-state index in [-0.39, 0.29) is 0 Å². The quantitative estimate of drug-likeness (QED) is 0.733. The van der Waals surface area contributed by atoms with Gasteiger partial charge in [0.25, 0.3) is 0 Å². The van der Waals surface area contributed by atoms with Crippen LogP contribution in [-0.2, 0) is 13.0 Å². The lowest BCUT2D eigenvalue weighted by molar-refractivity contribution is 0.306. The first-order chi connectivity index (χ1) is 8.88. The van der Waals surface area contributed by atoms with Crippen LogP contribution < -0.4 is 4.74 Å². The van der Waals surface area contributed by atoms with E-state index in [1.807, 2.05) is 43.3 Å². The molecule has 90 valence electrons. The molecule has 0 saturated heterocycles. The first kappa shape index (κ1) is 12.3. The lowest BCUT2D eigenvalue weighted by Gasteiger charge is -2.07. The summed E-state index contributed by atoms with van der Waals surface area (Å²) >= 11 is 0. The molecule has 0 atom stereocenters. The molecular formula is C17H16O. The minimum atomic E-state index is 0.601. The van der Waals surface area contributed by atoms with Crippen molar-refractivity contribution < 1.29 is 4.74 Å². The van der Waals surface area contributed by atoms with E-state index >= 15 is 0 Å². The standard InChI is InChI=1S/C17H16O/c1-2-3-8-15-11-7-12-17(13-15)18-14-16-9-5-4-6-10-16/h4-7,9-13H,8,14H2,1H3. The van der Waals surface area contributed by atoms with Crippen molar-refractivity contribution in [2.75, 3.05) is 0 Å². The van der Waals surface area contributed by atoms with Crippen molar-refractivity contribution >= 4 is 0 Å². The molecule has 0 unspecified atom stereocenters. The molecule has 2 rings (SSSR count). The van der Waals surface area contributed by atoms with Crippen LogP contribution in [0.5, 0.6) is 5.75 Å². The Kier molecular flexibility index (Phi) is 4.44. The van der Waals surface area contributed by atoms with E-state index < -0.39 is 0 Å². The maximum Gasteiger partial charge on any atom is 0.120 e. The monoisotopic (exact) mass is 236 g/mol. The zero-order valence-electron chi connectivity index (χ0n) is 10.5. The second-order valence-corrected chi connectivity index (χ2v) is 4.03. The Hall–Kier alpha value is -2.20. The van der Waals surface area contributed by atoms with Gasteiger partial charge < -0.3 is 4.74 Å². The third kappa shape index (κ3) is 3.68. The van der Waals surface area contributed by atoms with Gasteiger partial charge in [0.15, 0.2) is 0 Å². The molecule has 1 heteroatoms. The van der Waals surface area contributed by atoms with Gasteiger partial charge in [0.1, 0.15) is 12.4 Å². The summed E-state index contributed by atoms with van der Waals surface area (Å²) in [5, 5.41) is 0. The Morgan fingerprint density at radius 3 is 2.50 bits per heavy atom. The van der Waals surface area contributed by atoms with E-state index in [1.165, 1.54) is 11.1 Å². The van der Waals surface area contributed by atoms with Crippen molar-refractivity contribution in [1.82, 2.24) is 0 Å². The molecule has 0 amide bonds. The zero-order valence-corrected chi connectivity index (χ0v) is 10.5. The molecule has 0 bridgehead atoms. The molecule has 0 N–H and O–H groups in total. The second-order valence-electron chi connectivity index (χ2n) is 4.03. The first-order valence-corrected chi connectivity index (χ1v) is 6.04. The SMILES string of the molecule is CC#CCc1cccc(OCc2ccccc2)c1. The summed E-state index contributed by atoms with van der Waals surface area (Å²) in [6.45, 7) is 2.46. The van der Waals surface area contributed by atoms with Gasteiger partial charge in [-0.05, 0) is 30.2 Å². The Balaban J connectivity index is 1.98. The molecule has 0 aliphatic carbocycles. The molecule has 0 aliphatic rings. The summed E-state index contributed by atoms with van der Waals surface area (Å²) < 4.78 is 5.76. The number of ether oxygens (including phenoxy) is 1. The molecular weight excluding hydrogens is 220 g/mol. The summed E-state index contributed by atoms with van der Waals surface area (Å²) in [5.74, 6) is 6.86. The predicted molar refractivity (Wildman–Crippen MR) is 74.4 cm³/mol. The van der Waals surface area contributed by atoms with E-state index in [0.29, 0.717) is 6.61 Å². The first-order valence-electron chi connectivity index (χ1n) is 6.04. The van der Waals surface area contributed by atoms with Gasteiger partial charge in [0.2, 0.25) is 0 Å². The molecule has 1 nitrogen and oxygen atoms in total. The molecule has 0 radical (unpaired) electrons. The average molecular weight is 236 g/mol. The predicted octanol–water partition coefficient (Wildman–Crippen LogP) is 3.83. The smallest absolute Gasteiger partial charge is 0.120 e. The van der Waals surface area contributed by atoms with Gasteiger partial charge in [-0.25, -0.2) is 0 Å². The van der Waals surface area contributed by atoms with Crippen molar-refractivity contribution in [2.45, 2.75) is 20.0 Å². The van der Waals surface area contributed by atoms with E-state index in [4.69, 9.17) is 4.74 Å². The molecule has 2 aromatic carbocycles. The van der Waals surface area contributed by atoms with Gasteiger partial charge in [-0.15, -0.1) is 5.92 Å². The average Bonchev–Trinajstić information content (AvgIpc) is 2.44. The van der Waals surface area contributed by atoms with Crippen LogP contribution in [0.3, 0.4) is 0 Å². The highest BCUT2D eigenvalue weighted by molar-refractivity contribution is 5.31. The largest absolute Gasteiger partial charge is 0.489 e. The van der Waals surface area contributed by atoms with E-state index in [2.05, 4.69) is 30.0 Å². The minimum absolute atomic E-state index is 0.601. The fourth-order valence-electron chi connectivity index (χ4n) is 1.68. The normalized spacial score (nSPS) is 9.39. The molecule has 2 aromatic rings. The highest BCUT2D eigenvalue weighted by Crippen LogP contribution is 2.15. The Morgan fingerprint density at radius 2 is 1.72 bits per heavy atom. The molecule has 0 fully saturated rings. The second kappa shape index (κ2) is 6.51. The maximum atomic E-state index is 5.76. The van der Waals surface area contributed by atoms with Crippen LogP contribution in [0.25, 0.3) is 0 Å². The third-order valence-corrected chi connectivity index (χ3v) is 2.62. The highest BCUT2D eigenvalue weighted by Gasteiger charge is 1.97. The number of hydrogen-bond acceptors (Lipinski definition) is 1. The van der Waals surface area contributed by atoms with Crippen LogP contribution in [0.1, 0.15) is 18.1 Å². The minimum Gasteiger partial charge on any atom is -0.489 e. The highest BCUT2D eigenvalue weighted by atomic mass is 16.5. The summed E-state index contributed by atoms with van der Waals surface area (Å²) in [6, 6.07) is 18.3. The molecule has 0 aliphatic heterocycles. The maximum absolute atomic E-state index is 5.76. The van der Waals surface area contributed by atoms with Gasteiger partial charge >= 0.3 is 0 Å². The third-order valence-electron chi connectivity index (χ3n) is 2.62. The molecule has 0 aromatic heterocycles. The van der Waals surface area contributed by atoms with Crippen molar-refractivity contribution in [3.63, 3.8) is 0 Å². The van der Waals surface area contributed by atoms with E-state index in [0.717, 1.165) is 12.2 Å². The van der Waals surface area contributed by atoms with Crippen molar-refractivity contribution in [1.29, 1.82) is 0 Å². The van der Waals surface area contributed by atoms with Gasteiger partial charge in [-0.3, -0.25) is 0 Å². The molecule has 0 spiro atoms. The lowest BCUT2D eigenvalue weighted by Crippen LogP contribution is -1.95. The number of hydrogen-bond donors (Lipinski definition) is 0. The van der Waals surface area contributed by atoms with E-state index in [1.54, 1.807) is 0 Å². The van der Waals surface area contributed by atoms with Crippen molar-refractivity contribution in [3.8, 4) is 17.6 Å². The fourth-order valence-corrected chi connectivity index (χ4v) is 1.68. The van der Waals surface area contributed by atoms with Crippen LogP contribution >= 0.6 is 0 Å². The van der Waals surface area contributed by atoms with Crippen LogP contribution in [0.15, 0.2) is 54.6 Å². The summed E-state index contributed by atoms with van der Waals surface area (Å²) in [4.78, 5) is 0. The van der Waals surface area contributed by atoms with Crippen LogP contribution in [-0.4, -0.2) is 0 Å². The Morgan fingerprint density at radius 1 is 0.944 bits per heavy atom. The number of rotatable bonds is 4. The van der Waals surface area contributed by atoms with Crippen molar-refractivity contribution in [2.24, 2.45) is 0 Å². The molecule has 0 heterocycles. The van der Waals surface area contributed by atoms with Crippen LogP contribution in [0.4, 0.5) is 0 Å². The van der Waals surface area contributed by atoms with Crippen molar-refractivity contribution in [3.05, 3.63) is 65.7 Å². The molecule has 18 heavy (non-hydrogen) atoms. The summed E-state index contributed by atoms with van der Waals surface area (Å²) in [6.07, 6.45) is 0.777. The van der Waals surface area contributed by atoms with Crippen LogP contribution in [0, 0.1) is 11.8 Å². The lowest BCUT2D eigenvalue weighted by atomic mass is 10.1. The Bertz CT molecular complexity index is 547. The number of benzene rings is 2.